The highest BCUT2D eigenvalue weighted by atomic mass is 32.1. The molecule has 5 aromatic rings. The summed E-state index contributed by atoms with van der Waals surface area (Å²) in [5.74, 6) is 1.97. The van der Waals surface area contributed by atoms with Crippen LogP contribution in [0.5, 0.6) is 0 Å². The number of thiophene rings is 1. The maximum Gasteiger partial charge on any atom is 0.258 e. The molecule has 0 spiro atoms. The summed E-state index contributed by atoms with van der Waals surface area (Å²) in [5, 5.41) is 8.84. The minimum Gasteiger partial charge on any atom is -0.334 e. The van der Waals surface area contributed by atoms with Gasteiger partial charge in [-0.2, -0.15) is 4.98 Å². The standard InChI is InChI=1S/C27H23N3OS/c1-18-15-30(16-18)17-21-12-13-24(23-6-3-2-5-22(21)23)26-28-27(31-29-26)20-10-8-19(9-11-20)25-7-4-14-32-25/h2-14,18H,15-17H2,1H3. The van der Waals surface area contributed by atoms with Gasteiger partial charge in [0.25, 0.3) is 5.89 Å². The highest BCUT2D eigenvalue weighted by molar-refractivity contribution is 7.13. The first-order chi connectivity index (χ1) is 15.7. The van der Waals surface area contributed by atoms with Crippen LogP contribution in [0.25, 0.3) is 44.1 Å². The summed E-state index contributed by atoms with van der Waals surface area (Å²) in [6, 6.07) is 25.4. The molecule has 32 heavy (non-hydrogen) atoms. The Morgan fingerprint density at radius 3 is 2.44 bits per heavy atom. The highest BCUT2D eigenvalue weighted by Crippen LogP contribution is 2.33. The molecule has 1 fully saturated rings. The molecule has 0 bridgehead atoms. The summed E-state index contributed by atoms with van der Waals surface area (Å²) >= 11 is 1.74. The smallest absolute Gasteiger partial charge is 0.258 e. The van der Waals surface area contributed by atoms with Crippen molar-refractivity contribution in [1.29, 1.82) is 0 Å². The molecule has 5 heteroatoms. The first-order valence-electron chi connectivity index (χ1n) is 11.0. The van der Waals surface area contributed by atoms with E-state index in [9.17, 15) is 0 Å². The quantitative estimate of drug-likeness (QED) is 0.305. The Hall–Kier alpha value is -3.28. The van der Waals surface area contributed by atoms with Crippen LogP contribution in [0.1, 0.15) is 12.5 Å². The fraction of sp³-hybridized carbons (Fsp3) is 0.185. The Bertz CT molecular complexity index is 1370. The molecule has 0 unspecified atom stereocenters. The van der Waals surface area contributed by atoms with Crippen molar-refractivity contribution < 1.29 is 4.52 Å². The predicted molar refractivity (Wildman–Crippen MR) is 130 cm³/mol. The van der Waals surface area contributed by atoms with Crippen molar-refractivity contribution in [3.05, 3.63) is 83.7 Å². The van der Waals surface area contributed by atoms with Crippen molar-refractivity contribution in [3.8, 4) is 33.3 Å². The van der Waals surface area contributed by atoms with E-state index < -0.39 is 0 Å². The Morgan fingerprint density at radius 1 is 0.906 bits per heavy atom. The molecular weight excluding hydrogens is 414 g/mol. The van der Waals surface area contributed by atoms with E-state index in [2.05, 4.69) is 83.0 Å². The zero-order valence-electron chi connectivity index (χ0n) is 17.9. The fourth-order valence-electron chi connectivity index (χ4n) is 4.56. The molecule has 0 amide bonds. The summed E-state index contributed by atoms with van der Waals surface area (Å²) in [6.45, 7) is 5.64. The van der Waals surface area contributed by atoms with E-state index in [1.807, 2.05) is 12.1 Å². The van der Waals surface area contributed by atoms with Gasteiger partial charge in [0.05, 0.1) is 0 Å². The molecule has 0 saturated carbocycles. The molecule has 0 aliphatic carbocycles. The summed E-state index contributed by atoms with van der Waals surface area (Å²) in [4.78, 5) is 8.49. The molecule has 6 rings (SSSR count). The number of hydrogen-bond acceptors (Lipinski definition) is 5. The van der Waals surface area contributed by atoms with Gasteiger partial charge in [0.2, 0.25) is 5.82 Å². The molecular formula is C27H23N3OS. The molecule has 2 aromatic heterocycles. The van der Waals surface area contributed by atoms with Gasteiger partial charge in [-0.1, -0.05) is 66.7 Å². The molecule has 1 aliphatic rings. The van der Waals surface area contributed by atoms with Crippen LogP contribution < -0.4 is 0 Å². The van der Waals surface area contributed by atoms with E-state index in [0.29, 0.717) is 11.7 Å². The van der Waals surface area contributed by atoms with Crippen LogP contribution >= 0.6 is 11.3 Å². The molecule has 0 N–H and O–H groups in total. The number of fused-ring (bicyclic) bond motifs is 1. The van der Waals surface area contributed by atoms with Crippen LogP contribution in [0.2, 0.25) is 0 Å². The first-order valence-corrected chi connectivity index (χ1v) is 11.8. The molecule has 3 heterocycles. The van der Waals surface area contributed by atoms with E-state index in [0.717, 1.165) is 23.6 Å². The molecule has 158 valence electrons. The predicted octanol–water partition coefficient (Wildman–Crippen LogP) is 6.74. The van der Waals surface area contributed by atoms with Gasteiger partial charge < -0.3 is 4.52 Å². The molecule has 0 radical (unpaired) electrons. The summed E-state index contributed by atoms with van der Waals surface area (Å²) in [6.07, 6.45) is 0. The van der Waals surface area contributed by atoms with Gasteiger partial charge in [-0.3, -0.25) is 4.90 Å². The number of nitrogens with zero attached hydrogens (tertiary/aromatic N) is 3. The van der Waals surface area contributed by atoms with Crippen LogP contribution in [-0.4, -0.2) is 28.1 Å². The third-order valence-corrected chi connectivity index (χ3v) is 7.07. The number of hydrogen-bond donors (Lipinski definition) is 0. The summed E-state index contributed by atoms with van der Waals surface area (Å²) < 4.78 is 5.65. The zero-order valence-corrected chi connectivity index (χ0v) is 18.7. The molecule has 3 aromatic carbocycles. The second-order valence-electron chi connectivity index (χ2n) is 8.59. The lowest BCUT2D eigenvalue weighted by Crippen LogP contribution is -2.44. The van der Waals surface area contributed by atoms with Gasteiger partial charge in [0.15, 0.2) is 0 Å². The number of benzene rings is 3. The van der Waals surface area contributed by atoms with Gasteiger partial charge in [-0.05, 0) is 51.4 Å². The summed E-state index contributed by atoms with van der Waals surface area (Å²) in [5.41, 5.74) is 4.48. The molecule has 1 saturated heterocycles. The zero-order chi connectivity index (χ0) is 21.5. The maximum atomic E-state index is 5.65. The maximum absolute atomic E-state index is 5.65. The van der Waals surface area contributed by atoms with E-state index in [4.69, 9.17) is 9.51 Å². The van der Waals surface area contributed by atoms with Crippen LogP contribution in [0.3, 0.4) is 0 Å². The molecule has 4 nitrogen and oxygen atoms in total. The lowest BCUT2D eigenvalue weighted by atomic mass is 9.96. The van der Waals surface area contributed by atoms with Gasteiger partial charge in [-0.25, -0.2) is 0 Å². The third kappa shape index (κ3) is 3.53. The minimum absolute atomic E-state index is 0.542. The van der Waals surface area contributed by atoms with Crippen LogP contribution in [0, 0.1) is 5.92 Å². The molecule has 0 atom stereocenters. The highest BCUT2D eigenvalue weighted by Gasteiger charge is 2.23. The Labute approximate surface area is 191 Å². The minimum atomic E-state index is 0.542. The topological polar surface area (TPSA) is 42.2 Å². The van der Waals surface area contributed by atoms with Crippen LogP contribution in [0.15, 0.2) is 82.7 Å². The average Bonchev–Trinajstić information content (AvgIpc) is 3.51. The normalized spacial score (nSPS) is 14.7. The SMILES string of the molecule is CC1CN(Cc2ccc(-c3noc(-c4ccc(-c5cccs5)cc4)n3)c3ccccc23)C1. The Kier molecular flexibility index (Phi) is 4.86. The van der Waals surface area contributed by atoms with Crippen molar-refractivity contribution in [2.24, 2.45) is 5.92 Å². The summed E-state index contributed by atoms with van der Waals surface area (Å²) in [7, 11) is 0. The second kappa shape index (κ2) is 8.01. The van der Waals surface area contributed by atoms with Gasteiger partial charge in [0, 0.05) is 35.6 Å². The van der Waals surface area contributed by atoms with E-state index in [-0.39, 0.29) is 0 Å². The first kappa shape index (κ1) is 19.4. The van der Waals surface area contributed by atoms with Crippen molar-refractivity contribution in [2.45, 2.75) is 13.5 Å². The fourth-order valence-corrected chi connectivity index (χ4v) is 5.30. The number of likely N-dealkylation sites (tertiary alicyclic amines) is 1. The van der Waals surface area contributed by atoms with Crippen molar-refractivity contribution in [1.82, 2.24) is 15.0 Å². The number of aromatic nitrogens is 2. The van der Waals surface area contributed by atoms with Crippen LogP contribution in [-0.2, 0) is 6.54 Å². The lowest BCUT2D eigenvalue weighted by molar-refractivity contribution is 0.105. The average molecular weight is 438 g/mol. The Balaban J connectivity index is 1.32. The monoisotopic (exact) mass is 437 g/mol. The van der Waals surface area contributed by atoms with Crippen molar-refractivity contribution in [2.75, 3.05) is 13.1 Å². The Morgan fingerprint density at radius 2 is 1.69 bits per heavy atom. The largest absolute Gasteiger partial charge is 0.334 e. The van der Waals surface area contributed by atoms with E-state index in [1.165, 1.54) is 39.9 Å². The lowest BCUT2D eigenvalue weighted by Gasteiger charge is -2.37. The van der Waals surface area contributed by atoms with E-state index >= 15 is 0 Å². The van der Waals surface area contributed by atoms with Gasteiger partial charge in [-0.15, -0.1) is 11.3 Å². The van der Waals surface area contributed by atoms with Crippen LogP contribution in [0.4, 0.5) is 0 Å². The number of rotatable bonds is 5. The second-order valence-corrected chi connectivity index (χ2v) is 9.54. The van der Waals surface area contributed by atoms with Gasteiger partial charge in [0.1, 0.15) is 0 Å². The third-order valence-electron chi connectivity index (χ3n) is 6.15. The van der Waals surface area contributed by atoms with Crippen molar-refractivity contribution in [3.63, 3.8) is 0 Å². The van der Waals surface area contributed by atoms with E-state index in [1.54, 1.807) is 11.3 Å². The van der Waals surface area contributed by atoms with Gasteiger partial charge >= 0.3 is 0 Å². The van der Waals surface area contributed by atoms with Crippen molar-refractivity contribution >= 4 is 22.1 Å². The molecule has 1 aliphatic heterocycles.